The van der Waals surface area contributed by atoms with Gasteiger partial charge >= 0.3 is 0 Å². The summed E-state index contributed by atoms with van der Waals surface area (Å²) in [6, 6.07) is 19.0. The van der Waals surface area contributed by atoms with E-state index < -0.39 is 0 Å². The van der Waals surface area contributed by atoms with Crippen LogP contribution in [0.2, 0.25) is 0 Å². The van der Waals surface area contributed by atoms with Gasteiger partial charge in [-0.25, -0.2) is 0 Å². The number of nitrogens with zero attached hydrogens (tertiary/aromatic N) is 3. The molecule has 0 unspecified atom stereocenters. The number of benzene rings is 2. The second-order valence-corrected chi connectivity index (χ2v) is 4.90. The molecule has 3 aromatic rings. The largest absolute Gasteiger partial charge is 0.350 e. The molecule has 0 saturated heterocycles. The molecule has 5 heteroatoms. The summed E-state index contributed by atoms with van der Waals surface area (Å²) in [7, 11) is 0. The predicted octanol–water partition coefficient (Wildman–Crippen LogP) is 2.89. The maximum atomic E-state index is 12.5. The molecule has 110 valence electrons. The lowest BCUT2D eigenvalue weighted by Crippen LogP contribution is -2.17. The third-order valence-corrected chi connectivity index (χ3v) is 3.22. The first-order chi connectivity index (χ1) is 10.7. The number of aryl methyl sites for hydroxylation is 1. The molecule has 0 amide bonds. The molecule has 3 rings (SSSR count). The van der Waals surface area contributed by atoms with Gasteiger partial charge in [0.05, 0.1) is 0 Å². The average Bonchev–Trinajstić information content (AvgIpc) is 2.95. The Bertz CT molecular complexity index is 766. The Labute approximate surface area is 128 Å². The number of aromatic nitrogens is 3. The fourth-order valence-corrected chi connectivity index (χ4v) is 2.15. The molecule has 1 N–H and O–H groups in total. The number of nitrogens with one attached hydrogen (secondary N) is 1. The van der Waals surface area contributed by atoms with Gasteiger partial charge in [0, 0.05) is 12.1 Å². The Morgan fingerprint density at radius 2 is 1.68 bits per heavy atom. The van der Waals surface area contributed by atoms with Gasteiger partial charge in [0.15, 0.2) is 0 Å². The van der Waals surface area contributed by atoms with Crippen LogP contribution in [0.3, 0.4) is 0 Å². The lowest BCUT2D eigenvalue weighted by Gasteiger charge is -2.07. The van der Waals surface area contributed by atoms with Crippen LogP contribution in [0, 0.1) is 6.92 Å². The van der Waals surface area contributed by atoms with Gasteiger partial charge in [-0.15, -0.1) is 5.10 Å². The topological polar surface area (TPSA) is 59.8 Å². The molecule has 5 nitrogen and oxygen atoms in total. The molecule has 22 heavy (non-hydrogen) atoms. The van der Waals surface area contributed by atoms with E-state index in [-0.39, 0.29) is 5.91 Å². The van der Waals surface area contributed by atoms with E-state index in [1.54, 1.807) is 19.1 Å². The van der Waals surface area contributed by atoms with Gasteiger partial charge in [0.25, 0.3) is 5.91 Å². The highest BCUT2D eigenvalue weighted by atomic mass is 16.2. The Morgan fingerprint density at radius 1 is 1.05 bits per heavy atom. The normalized spacial score (nSPS) is 10.4. The Balaban J connectivity index is 1.82. The van der Waals surface area contributed by atoms with Crippen LogP contribution >= 0.6 is 0 Å². The van der Waals surface area contributed by atoms with Crippen LogP contribution in [0.4, 0.5) is 5.95 Å². The van der Waals surface area contributed by atoms with Crippen molar-refractivity contribution in [3.63, 3.8) is 0 Å². The van der Waals surface area contributed by atoms with Crippen molar-refractivity contribution in [3.8, 4) is 0 Å². The van der Waals surface area contributed by atoms with E-state index in [9.17, 15) is 4.79 Å². The van der Waals surface area contributed by atoms with Crippen LogP contribution in [0.15, 0.2) is 60.7 Å². The molecule has 0 aliphatic carbocycles. The summed E-state index contributed by atoms with van der Waals surface area (Å²) in [6.45, 7) is 2.35. The van der Waals surface area contributed by atoms with Crippen LogP contribution in [0.1, 0.15) is 21.7 Å². The van der Waals surface area contributed by atoms with Gasteiger partial charge in [-0.3, -0.25) is 4.79 Å². The number of hydrogen-bond acceptors (Lipinski definition) is 4. The fraction of sp³-hybridized carbons (Fsp3) is 0.118. The Kier molecular flexibility index (Phi) is 3.96. The van der Waals surface area contributed by atoms with E-state index in [1.165, 1.54) is 4.68 Å². The number of anilines is 1. The molecule has 0 atom stereocenters. The summed E-state index contributed by atoms with van der Waals surface area (Å²) in [6.07, 6.45) is 0. The Hall–Kier alpha value is -2.95. The van der Waals surface area contributed by atoms with Gasteiger partial charge in [-0.1, -0.05) is 48.5 Å². The molecule has 0 saturated carbocycles. The molecule has 0 spiro atoms. The van der Waals surface area contributed by atoms with Crippen molar-refractivity contribution in [2.45, 2.75) is 13.5 Å². The number of carbonyl (C=O) groups is 1. The lowest BCUT2D eigenvalue weighted by molar-refractivity contribution is 0.0947. The van der Waals surface area contributed by atoms with Crippen molar-refractivity contribution in [2.24, 2.45) is 0 Å². The second kappa shape index (κ2) is 6.22. The fourth-order valence-electron chi connectivity index (χ4n) is 2.15. The first-order valence-electron chi connectivity index (χ1n) is 7.05. The zero-order valence-electron chi connectivity index (χ0n) is 12.2. The molecule has 0 radical (unpaired) electrons. The summed E-state index contributed by atoms with van der Waals surface area (Å²) >= 11 is 0. The van der Waals surface area contributed by atoms with E-state index in [2.05, 4.69) is 15.4 Å². The van der Waals surface area contributed by atoms with Crippen LogP contribution in [-0.2, 0) is 6.54 Å². The van der Waals surface area contributed by atoms with Gasteiger partial charge in [0.1, 0.15) is 5.82 Å². The highest BCUT2D eigenvalue weighted by Gasteiger charge is 2.15. The van der Waals surface area contributed by atoms with Gasteiger partial charge in [0.2, 0.25) is 5.95 Å². The summed E-state index contributed by atoms with van der Waals surface area (Å²) < 4.78 is 1.31. The molecular formula is C17H16N4O. The number of carbonyl (C=O) groups excluding carboxylic acids is 1. The molecular weight excluding hydrogens is 276 g/mol. The SMILES string of the molecule is Cc1nc(NCc2ccccc2)n(C(=O)c2ccccc2)n1. The van der Waals surface area contributed by atoms with E-state index in [1.807, 2.05) is 48.5 Å². The van der Waals surface area contributed by atoms with Gasteiger partial charge < -0.3 is 5.32 Å². The van der Waals surface area contributed by atoms with Crippen molar-refractivity contribution in [1.29, 1.82) is 0 Å². The van der Waals surface area contributed by atoms with Crippen molar-refractivity contribution < 1.29 is 4.79 Å². The van der Waals surface area contributed by atoms with Crippen molar-refractivity contribution in [1.82, 2.24) is 14.8 Å². The third kappa shape index (κ3) is 3.03. The third-order valence-electron chi connectivity index (χ3n) is 3.22. The molecule has 0 bridgehead atoms. The Morgan fingerprint density at radius 3 is 2.36 bits per heavy atom. The molecule has 0 aliphatic rings. The monoisotopic (exact) mass is 292 g/mol. The van der Waals surface area contributed by atoms with E-state index in [0.717, 1.165) is 5.56 Å². The number of hydrogen-bond donors (Lipinski definition) is 1. The van der Waals surface area contributed by atoms with Crippen LogP contribution in [-0.4, -0.2) is 20.7 Å². The van der Waals surface area contributed by atoms with E-state index in [0.29, 0.717) is 23.9 Å². The minimum absolute atomic E-state index is 0.197. The summed E-state index contributed by atoms with van der Waals surface area (Å²) in [5.41, 5.74) is 1.69. The van der Waals surface area contributed by atoms with Crippen LogP contribution in [0.25, 0.3) is 0 Å². The molecule has 0 fully saturated rings. The summed E-state index contributed by atoms with van der Waals surface area (Å²) in [5, 5.41) is 7.36. The number of rotatable bonds is 4. The zero-order chi connectivity index (χ0) is 15.4. The molecule has 0 aliphatic heterocycles. The molecule has 2 aromatic carbocycles. The van der Waals surface area contributed by atoms with Crippen LogP contribution < -0.4 is 5.32 Å². The minimum atomic E-state index is -0.197. The minimum Gasteiger partial charge on any atom is -0.350 e. The van der Waals surface area contributed by atoms with Crippen LogP contribution in [0.5, 0.6) is 0 Å². The average molecular weight is 292 g/mol. The first kappa shape index (κ1) is 14.0. The highest BCUT2D eigenvalue weighted by molar-refractivity contribution is 5.96. The quantitative estimate of drug-likeness (QED) is 0.803. The first-order valence-corrected chi connectivity index (χ1v) is 7.05. The van der Waals surface area contributed by atoms with Gasteiger partial charge in [-0.2, -0.15) is 9.67 Å². The maximum absolute atomic E-state index is 12.5. The van der Waals surface area contributed by atoms with E-state index in [4.69, 9.17) is 0 Å². The highest BCUT2D eigenvalue weighted by Crippen LogP contribution is 2.11. The van der Waals surface area contributed by atoms with Gasteiger partial charge in [-0.05, 0) is 24.6 Å². The van der Waals surface area contributed by atoms with Crippen molar-refractivity contribution in [2.75, 3.05) is 5.32 Å². The zero-order valence-corrected chi connectivity index (χ0v) is 12.2. The predicted molar refractivity (Wildman–Crippen MR) is 84.7 cm³/mol. The molecule has 1 aromatic heterocycles. The second-order valence-electron chi connectivity index (χ2n) is 4.90. The van der Waals surface area contributed by atoms with E-state index >= 15 is 0 Å². The molecule has 1 heterocycles. The van der Waals surface area contributed by atoms with Crippen molar-refractivity contribution in [3.05, 3.63) is 77.6 Å². The maximum Gasteiger partial charge on any atom is 0.281 e. The lowest BCUT2D eigenvalue weighted by atomic mass is 10.2. The smallest absolute Gasteiger partial charge is 0.281 e. The summed E-state index contributed by atoms with van der Waals surface area (Å²) in [5.74, 6) is 0.812. The van der Waals surface area contributed by atoms with Crippen molar-refractivity contribution >= 4 is 11.9 Å². The standard InChI is InChI=1S/C17H16N4O/c1-13-19-17(18-12-14-8-4-2-5-9-14)21(20-13)16(22)15-10-6-3-7-11-15/h2-11H,12H2,1H3,(H,18,19,20). The summed E-state index contributed by atoms with van der Waals surface area (Å²) in [4.78, 5) is 16.8.